The van der Waals surface area contributed by atoms with Gasteiger partial charge in [-0.3, -0.25) is 14.7 Å². The molecule has 2 aliphatic rings. The molecular formula is C24H41IN6O. The van der Waals surface area contributed by atoms with E-state index in [0.29, 0.717) is 0 Å². The molecule has 0 aromatic heterocycles. The van der Waals surface area contributed by atoms with Crippen LogP contribution in [0.25, 0.3) is 0 Å². The summed E-state index contributed by atoms with van der Waals surface area (Å²) in [5.74, 6) is 1.19. The Labute approximate surface area is 211 Å². The van der Waals surface area contributed by atoms with Crippen LogP contribution < -0.4 is 15.5 Å². The van der Waals surface area contributed by atoms with E-state index in [1.165, 1.54) is 5.69 Å². The Kier molecular flexibility index (Phi) is 11.6. The Morgan fingerprint density at radius 2 is 1.84 bits per heavy atom. The summed E-state index contributed by atoms with van der Waals surface area (Å²) in [5, 5.41) is 6.88. The van der Waals surface area contributed by atoms with E-state index in [9.17, 15) is 4.79 Å². The summed E-state index contributed by atoms with van der Waals surface area (Å²) in [7, 11) is 0. The molecule has 2 heterocycles. The predicted octanol–water partition coefficient (Wildman–Crippen LogP) is 2.63. The molecule has 0 saturated carbocycles. The van der Waals surface area contributed by atoms with Crippen molar-refractivity contribution in [2.24, 2.45) is 10.9 Å². The number of carbonyl (C=O) groups excluding carboxylic acids is 1. The van der Waals surface area contributed by atoms with E-state index in [0.717, 1.165) is 77.7 Å². The van der Waals surface area contributed by atoms with E-state index in [4.69, 9.17) is 4.99 Å². The highest BCUT2D eigenvalue weighted by Gasteiger charge is 2.28. The van der Waals surface area contributed by atoms with E-state index < -0.39 is 0 Å². The molecule has 1 aromatic carbocycles. The number of nitrogens with one attached hydrogen (secondary N) is 2. The first kappa shape index (κ1) is 26.7. The van der Waals surface area contributed by atoms with Crippen LogP contribution in [0.5, 0.6) is 0 Å². The second-order valence-electron chi connectivity index (χ2n) is 8.85. The normalized spacial score (nSPS) is 19.8. The molecule has 2 fully saturated rings. The lowest BCUT2D eigenvalue weighted by molar-refractivity contribution is -0.133. The van der Waals surface area contributed by atoms with Crippen molar-refractivity contribution in [2.45, 2.75) is 39.7 Å². The average Bonchev–Trinajstić information content (AvgIpc) is 3.25. The van der Waals surface area contributed by atoms with E-state index in [-0.39, 0.29) is 41.8 Å². The van der Waals surface area contributed by atoms with Gasteiger partial charge in [0.05, 0.1) is 0 Å². The number of likely N-dealkylation sites (tertiary alicyclic amines) is 1. The Morgan fingerprint density at radius 3 is 2.50 bits per heavy atom. The van der Waals surface area contributed by atoms with Crippen molar-refractivity contribution in [3.8, 4) is 0 Å². The minimum atomic E-state index is 0. The number of nitrogens with zero attached hydrogens (tertiary/aromatic N) is 4. The van der Waals surface area contributed by atoms with Crippen LogP contribution in [0.3, 0.4) is 0 Å². The van der Waals surface area contributed by atoms with Crippen LogP contribution in [0, 0.1) is 5.92 Å². The van der Waals surface area contributed by atoms with Gasteiger partial charge in [0.15, 0.2) is 5.96 Å². The first-order chi connectivity index (χ1) is 15.1. The molecule has 2 N–H and O–H groups in total. The van der Waals surface area contributed by atoms with Gasteiger partial charge in [-0.05, 0) is 31.9 Å². The van der Waals surface area contributed by atoms with Crippen LogP contribution in [-0.4, -0.2) is 86.6 Å². The van der Waals surface area contributed by atoms with Crippen molar-refractivity contribution < 1.29 is 4.79 Å². The lowest BCUT2D eigenvalue weighted by Gasteiger charge is -2.36. The molecule has 180 valence electrons. The van der Waals surface area contributed by atoms with Gasteiger partial charge in [0.2, 0.25) is 5.91 Å². The largest absolute Gasteiger partial charge is 0.369 e. The molecule has 0 bridgehead atoms. The Bertz CT molecular complexity index is 706. The van der Waals surface area contributed by atoms with Crippen LogP contribution in [0.2, 0.25) is 0 Å². The molecule has 8 heteroatoms. The number of para-hydroxylation sites is 1. The van der Waals surface area contributed by atoms with Gasteiger partial charge in [-0.2, -0.15) is 0 Å². The number of benzene rings is 1. The third-order valence-electron chi connectivity index (χ3n) is 6.07. The van der Waals surface area contributed by atoms with Crippen molar-refractivity contribution in [2.75, 3.05) is 63.8 Å². The Morgan fingerprint density at radius 1 is 1.12 bits per heavy atom. The molecule has 7 nitrogen and oxygen atoms in total. The molecule has 1 aromatic rings. The van der Waals surface area contributed by atoms with E-state index in [1.807, 2.05) is 18.7 Å². The van der Waals surface area contributed by atoms with Crippen LogP contribution in [0.4, 0.5) is 5.69 Å². The minimum Gasteiger partial charge on any atom is -0.369 e. The molecule has 32 heavy (non-hydrogen) atoms. The lowest BCUT2D eigenvalue weighted by atomic mass is 10.2. The van der Waals surface area contributed by atoms with Gasteiger partial charge in [-0.15, -0.1) is 24.0 Å². The van der Waals surface area contributed by atoms with E-state index >= 15 is 0 Å². The van der Waals surface area contributed by atoms with Crippen LogP contribution in [0.1, 0.15) is 33.6 Å². The van der Waals surface area contributed by atoms with Crippen LogP contribution in [0.15, 0.2) is 35.3 Å². The number of carbonyl (C=O) groups is 1. The number of anilines is 1. The fraction of sp³-hybridized carbons (Fsp3) is 0.667. The van der Waals surface area contributed by atoms with Crippen molar-refractivity contribution in [3.63, 3.8) is 0 Å². The number of aliphatic imine (C=N–C) groups is 1. The molecule has 1 amide bonds. The summed E-state index contributed by atoms with van der Waals surface area (Å²) in [6, 6.07) is 11.0. The third-order valence-corrected chi connectivity index (χ3v) is 6.07. The second-order valence-corrected chi connectivity index (χ2v) is 8.85. The zero-order valence-electron chi connectivity index (χ0n) is 19.9. The van der Waals surface area contributed by atoms with Crippen molar-refractivity contribution in [1.29, 1.82) is 0 Å². The van der Waals surface area contributed by atoms with Crippen LogP contribution >= 0.6 is 24.0 Å². The molecule has 0 radical (unpaired) electrons. The zero-order valence-corrected chi connectivity index (χ0v) is 22.3. The van der Waals surface area contributed by atoms with Crippen molar-refractivity contribution in [1.82, 2.24) is 20.4 Å². The van der Waals surface area contributed by atoms with Gasteiger partial charge in [0, 0.05) is 76.5 Å². The predicted molar refractivity (Wildman–Crippen MR) is 144 cm³/mol. The maximum Gasteiger partial charge on any atom is 0.225 e. The smallest absolute Gasteiger partial charge is 0.225 e. The molecule has 0 aliphatic carbocycles. The molecule has 1 atom stereocenters. The maximum absolute atomic E-state index is 12.2. The van der Waals surface area contributed by atoms with Crippen molar-refractivity contribution >= 4 is 41.5 Å². The summed E-state index contributed by atoms with van der Waals surface area (Å²) in [4.78, 5) is 24.0. The highest BCUT2D eigenvalue weighted by molar-refractivity contribution is 14.0. The summed E-state index contributed by atoms with van der Waals surface area (Å²) in [6.07, 6.45) is 2.04. The monoisotopic (exact) mass is 556 g/mol. The van der Waals surface area contributed by atoms with Crippen molar-refractivity contribution in [3.05, 3.63) is 30.3 Å². The van der Waals surface area contributed by atoms with E-state index in [1.54, 1.807) is 0 Å². The van der Waals surface area contributed by atoms with E-state index in [2.05, 4.69) is 57.7 Å². The number of rotatable bonds is 8. The molecule has 2 saturated heterocycles. The zero-order chi connectivity index (χ0) is 22.1. The topological polar surface area (TPSA) is 63.2 Å². The number of piperazine rings is 1. The highest BCUT2D eigenvalue weighted by Crippen LogP contribution is 2.15. The number of halogens is 1. The first-order valence-electron chi connectivity index (χ1n) is 11.9. The molecule has 3 rings (SSSR count). The fourth-order valence-corrected chi connectivity index (χ4v) is 4.31. The highest BCUT2D eigenvalue weighted by atomic mass is 127. The fourth-order valence-electron chi connectivity index (χ4n) is 4.31. The molecular weight excluding hydrogens is 515 g/mol. The van der Waals surface area contributed by atoms with Gasteiger partial charge in [0.25, 0.3) is 0 Å². The first-order valence-corrected chi connectivity index (χ1v) is 11.9. The summed E-state index contributed by atoms with van der Waals surface area (Å²) in [6.45, 7) is 14.8. The number of hydrogen-bond acceptors (Lipinski definition) is 4. The maximum atomic E-state index is 12.2. The standard InChI is InChI=1S/C24H40N6O.HI/c1-4-25-24(27-21-11-14-30(19-21)23(31)20(2)3)26-12-8-13-28-15-17-29(18-16-28)22-9-6-5-7-10-22;/h5-7,9-10,20-21H,4,8,11-19H2,1-3H3,(H2,25,26,27);1H. The van der Waals surface area contributed by atoms with Gasteiger partial charge in [-0.1, -0.05) is 32.0 Å². The SMILES string of the molecule is CCNC(=NCCCN1CCN(c2ccccc2)CC1)NC1CCN(C(=O)C(C)C)C1.I. The molecule has 0 spiro atoms. The number of amides is 1. The van der Waals surface area contributed by atoms with Crippen LogP contribution in [-0.2, 0) is 4.79 Å². The second kappa shape index (κ2) is 13.9. The van der Waals surface area contributed by atoms with Gasteiger partial charge < -0.3 is 20.4 Å². The van der Waals surface area contributed by atoms with Gasteiger partial charge in [-0.25, -0.2) is 0 Å². The summed E-state index contributed by atoms with van der Waals surface area (Å²) in [5.41, 5.74) is 1.33. The lowest BCUT2D eigenvalue weighted by Crippen LogP contribution is -2.47. The van der Waals surface area contributed by atoms with Gasteiger partial charge in [0.1, 0.15) is 0 Å². The quantitative estimate of drug-likeness (QED) is 0.223. The van der Waals surface area contributed by atoms with Gasteiger partial charge >= 0.3 is 0 Å². The Hall–Kier alpha value is -1.55. The number of hydrogen-bond donors (Lipinski definition) is 2. The minimum absolute atomic E-state index is 0. The number of guanidine groups is 1. The summed E-state index contributed by atoms with van der Waals surface area (Å²) >= 11 is 0. The average molecular weight is 557 g/mol. The molecule has 1 unspecified atom stereocenters. The Balaban J connectivity index is 0.00000363. The summed E-state index contributed by atoms with van der Waals surface area (Å²) < 4.78 is 0. The third kappa shape index (κ3) is 8.10. The molecule has 2 aliphatic heterocycles.